The molecule has 0 bridgehead atoms. The molecular weight excluding hydrogens is 366 g/mol. The van der Waals surface area contributed by atoms with Crippen LogP contribution < -0.4 is 15.4 Å². The van der Waals surface area contributed by atoms with Crippen molar-refractivity contribution in [3.05, 3.63) is 59.7 Å². The maximum atomic E-state index is 12.8. The molecule has 1 amide bonds. The number of anilines is 1. The summed E-state index contributed by atoms with van der Waals surface area (Å²) >= 11 is 0. The minimum absolute atomic E-state index is 0.0762. The number of nitrogens with zero attached hydrogens (tertiary/aromatic N) is 1. The van der Waals surface area contributed by atoms with Crippen LogP contribution in [0.3, 0.4) is 0 Å². The minimum atomic E-state index is -3.89. The van der Waals surface area contributed by atoms with Gasteiger partial charge in [0.15, 0.2) is 0 Å². The zero-order chi connectivity index (χ0) is 19.3. The maximum Gasteiger partial charge on any atom is 0.253 e. The van der Waals surface area contributed by atoms with Crippen molar-refractivity contribution in [3.8, 4) is 0 Å². The van der Waals surface area contributed by atoms with Crippen LogP contribution in [0.25, 0.3) is 0 Å². The highest BCUT2D eigenvalue weighted by molar-refractivity contribution is 7.89. The molecular formula is C19H23N3O4S. The molecule has 0 aromatic heterocycles. The summed E-state index contributed by atoms with van der Waals surface area (Å²) in [5, 5.41) is 8.11. The average molecular weight is 389 g/mol. The Morgan fingerprint density at radius 3 is 2.48 bits per heavy atom. The van der Waals surface area contributed by atoms with Crippen LogP contribution in [0.1, 0.15) is 15.9 Å². The van der Waals surface area contributed by atoms with Crippen LogP contribution in [0.5, 0.6) is 0 Å². The summed E-state index contributed by atoms with van der Waals surface area (Å²) in [6.07, 6.45) is 0.689. The van der Waals surface area contributed by atoms with Crippen LogP contribution in [-0.2, 0) is 21.2 Å². The zero-order valence-corrected chi connectivity index (χ0v) is 15.7. The van der Waals surface area contributed by atoms with Crippen LogP contribution in [0.4, 0.5) is 5.69 Å². The van der Waals surface area contributed by atoms with Gasteiger partial charge in [0.1, 0.15) is 0 Å². The molecule has 1 saturated heterocycles. The topological polar surface area (TPSA) is 102 Å². The van der Waals surface area contributed by atoms with Gasteiger partial charge in [-0.1, -0.05) is 30.3 Å². The number of benzene rings is 2. The summed E-state index contributed by atoms with van der Waals surface area (Å²) in [4.78, 5) is 14.7. The number of ether oxygens (including phenoxy) is 1. The van der Waals surface area contributed by atoms with E-state index >= 15 is 0 Å². The summed E-state index contributed by atoms with van der Waals surface area (Å²) in [7, 11) is -3.89. The lowest BCUT2D eigenvalue weighted by Crippen LogP contribution is -2.38. The molecule has 0 radical (unpaired) electrons. The first-order valence-electron chi connectivity index (χ1n) is 8.77. The fourth-order valence-corrected chi connectivity index (χ4v) is 3.55. The molecule has 0 saturated carbocycles. The first-order chi connectivity index (χ1) is 12.9. The number of amides is 1. The smallest absolute Gasteiger partial charge is 0.253 e. The van der Waals surface area contributed by atoms with Crippen LogP contribution in [0.2, 0.25) is 0 Å². The van der Waals surface area contributed by atoms with E-state index in [-0.39, 0.29) is 10.8 Å². The maximum absolute atomic E-state index is 12.8. The highest BCUT2D eigenvalue weighted by Crippen LogP contribution is 2.25. The Kier molecular flexibility index (Phi) is 6.10. The van der Waals surface area contributed by atoms with Gasteiger partial charge in [0.25, 0.3) is 5.91 Å². The van der Waals surface area contributed by atoms with Crippen molar-refractivity contribution in [3.63, 3.8) is 0 Å². The summed E-state index contributed by atoms with van der Waals surface area (Å²) in [6, 6.07) is 14.2. The number of hydrogen-bond donors (Lipinski definition) is 2. The third-order valence-corrected chi connectivity index (χ3v) is 5.35. The third kappa shape index (κ3) is 5.06. The highest BCUT2D eigenvalue weighted by Gasteiger charge is 2.21. The second-order valence-electron chi connectivity index (χ2n) is 6.31. The highest BCUT2D eigenvalue weighted by atomic mass is 32.2. The van der Waals surface area contributed by atoms with Crippen LogP contribution >= 0.6 is 0 Å². The predicted octanol–water partition coefficient (Wildman–Crippen LogP) is 1.14. The molecule has 3 rings (SSSR count). The first-order valence-corrected chi connectivity index (χ1v) is 10.3. The van der Waals surface area contributed by atoms with Crippen LogP contribution in [0.15, 0.2) is 53.4 Å². The third-order valence-electron chi connectivity index (χ3n) is 4.44. The molecule has 0 atom stereocenters. The Balaban J connectivity index is 1.80. The predicted molar refractivity (Wildman–Crippen MR) is 103 cm³/mol. The molecule has 1 fully saturated rings. The van der Waals surface area contributed by atoms with Crippen molar-refractivity contribution >= 4 is 21.6 Å². The van der Waals surface area contributed by atoms with E-state index in [1.165, 1.54) is 12.1 Å². The first kappa shape index (κ1) is 19.3. The van der Waals surface area contributed by atoms with Crippen molar-refractivity contribution in [1.82, 2.24) is 5.32 Å². The van der Waals surface area contributed by atoms with Crippen molar-refractivity contribution in [1.29, 1.82) is 0 Å². The van der Waals surface area contributed by atoms with Crippen LogP contribution in [-0.4, -0.2) is 47.2 Å². The monoisotopic (exact) mass is 389 g/mol. The van der Waals surface area contributed by atoms with E-state index in [1.807, 2.05) is 35.2 Å². The van der Waals surface area contributed by atoms with Crippen LogP contribution in [0, 0.1) is 0 Å². The molecule has 0 unspecified atom stereocenters. The van der Waals surface area contributed by atoms with Gasteiger partial charge in [-0.05, 0) is 30.2 Å². The fraction of sp³-hybridized carbons (Fsp3) is 0.316. The van der Waals surface area contributed by atoms with Crippen molar-refractivity contribution in [2.75, 3.05) is 37.7 Å². The van der Waals surface area contributed by atoms with Gasteiger partial charge in [-0.15, -0.1) is 0 Å². The lowest BCUT2D eigenvalue weighted by Gasteiger charge is -2.30. The van der Waals surface area contributed by atoms with Gasteiger partial charge < -0.3 is 15.0 Å². The molecule has 0 spiro atoms. The summed E-state index contributed by atoms with van der Waals surface area (Å²) in [6.45, 7) is 2.85. The SMILES string of the molecule is NS(=O)(=O)c1ccc(N2CCOCC2)c(C(=O)NCCc2ccccc2)c1. The van der Waals surface area contributed by atoms with Gasteiger partial charge in [0, 0.05) is 25.3 Å². The standard InChI is InChI=1S/C19H23N3O4S/c20-27(24,25)16-6-7-18(22-10-12-26-13-11-22)17(14-16)19(23)21-9-8-15-4-2-1-3-5-15/h1-7,14H,8-13H2,(H,21,23)(H2,20,24,25). The average Bonchev–Trinajstić information content (AvgIpc) is 2.68. The van der Waals surface area contributed by atoms with Gasteiger partial charge in [-0.25, -0.2) is 13.6 Å². The molecule has 1 aliphatic heterocycles. The summed E-state index contributed by atoms with van der Waals surface area (Å²) < 4.78 is 28.8. The van der Waals surface area contributed by atoms with Gasteiger partial charge in [-0.3, -0.25) is 4.79 Å². The number of primary sulfonamides is 1. The zero-order valence-electron chi connectivity index (χ0n) is 14.9. The summed E-state index contributed by atoms with van der Waals surface area (Å²) in [5.41, 5.74) is 2.10. The Bertz CT molecular complexity index is 894. The number of sulfonamides is 1. The van der Waals surface area contributed by atoms with E-state index in [0.29, 0.717) is 50.5 Å². The number of carbonyl (C=O) groups is 1. The molecule has 3 N–H and O–H groups in total. The minimum Gasteiger partial charge on any atom is -0.378 e. The molecule has 7 nitrogen and oxygen atoms in total. The number of nitrogens with two attached hydrogens (primary N) is 1. The normalized spacial score (nSPS) is 14.8. The molecule has 2 aromatic carbocycles. The van der Waals surface area contributed by atoms with Crippen molar-refractivity contribution in [2.24, 2.45) is 5.14 Å². The quantitative estimate of drug-likeness (QED) is 0.772. The van der Waals surface area contributed by atoms with Crippen molar-refractivity contribution in [2.45, 2.75) is 11.3 Å². The molecule has 1 aliphatic rings. The second kappa shape index (κ2) is 8.51. The molecule has 144 valence electrons. The molecule has 0 aliphatic carbocycles. The van der Waals surface area contributed by atoms with Gasteiger partial charge in [0.05, 0.1) is 23.7 Å². The second-order valence-corrected chi connectivity index (χ2v) is 7.88. The number of hydrogen-bond acceptors (Lipinski definition) is 5. The molecule has 1 heterocycles. The lowest BCUT2D eigenvalue weighted by molar-refractivity contribution is 0.0952. The molecule has 8 heteroatoms. The van der Waals surface area contributed by atoms with Gasteiger partial charge >= 0.3 is 0 Å². The summed E-state index contributed by atoms with van der Waals surface area (Å²) in [5.74, 6) is -0.321. The number of nitrogens with one attached hydrogen (secondary N) is 1. The fourth-order valence-electron chi connectivity index (χ4n) is 3.01. The Hall–Kier alpha value is -2.42. The van der Waals surface area contributed by atoms with E-state index in [2.05, 4.69) is 5.32 Å². The number of morpholine rings is 1. The van der Waals surface area contributed by atoms with E-state index in [1.54, 1.807) is 6.07 Å². The van der Waals surface area contributed by atoms with Crippen molar-refractivity contribution < 1.29 is 17.9 Å². The number of rotatable bonds is 6. The molecule has 2 aromatic rings. The largest absolute Gasteiger partial charge is 0.378 e. The Morgan fingerprint density at radius 2 is 1.81 bits per heavy atom. The lowest BCUT2D eigenvalue weighted by atomic mass is 10.1. The van der Waals surface area contributed by atoms with Gasteiger partial charge in [-0.2, -0.15) is 0 Å². The van der Waals surface area contributed by atoms with Gasteiger partial charge in [0.2, 0.25) is 10.0 Å². The van der Waals surface area contributed by atoms with E-state index < -0.39 is 10.0 Å². The Labute approximate surface area is 159 Å². The number of carbonyl (C=O) groups excluding carboxylic acids is 1. The Morgan fingerprint density at radius 1 is 1.11 bits per heavy atom. The van der Waals surface area contributed by atoms with E-state index in [9.17, 15) is 13.2 Å². The molecule has 27 heavy (non-hydrogen) atoms. The van der Waals surface area contributed by atoms with E-state index in [4.69, 9.17) is 9.88 Å². The van der Waals surface area contributed by atoms with E-state index in [0.717, 1.165) is 5.56 Å².